The van der Waals surface area contributed by atoms with Crippen molar-refractivity contribution in [2.24, 2.45) is 0 Å². The van der Waals surface area contributed by atoms with E-state index in [0.29, 0.717) is 10.7 Å². The predicted octanol–water partition coefficient (Wildman–Crippen LogP) is 5.31. The predicted molar refractivity (Wildman–Crippen MR) is 80.3 cm³/mol. The van der Waals surface area contributed by atoms with Gasteiger partial charge in [-0.3, -0.25) is 0 Å². The lowest BCUT2D eigenvalue weighted by Gasteiger charge is -2.12. The lowest BCUT2D eigenvalue weighted by atomic mass is 10.2. The van der Waals surface area contributed by atoms with E-state index in [1.165, 1.54) is 12.1 Å². The first-order valence-electron chi connectivity index (χ1n) is 6.27. The molecule has 3 nitrogen and oxygen atoms in total. The van der Waals surface area contributed by atoms with Gasteiger partial charge in [0.2, 0.25) is 0 Å². The first-order chi connectivity index (χ1) is 10.3. The summed E-state index contributed by atoms with van der Waals surface area (Å²) in [6.45, 7) is 1.77. The Labute approximate surface area is 130 Å². The van der Waals surface area contributed by atoms with Crippen molar-refractivity contribution in [3.8, 4) is 0 Å². The van der Waals surface area contributed by atoms with Gasteiger partial charge < -0.3 is 10.6 Å². The van der Waals surface area contributed by atoms with E-state index in [-0.39, 0.29) is 5.69 Å². The standard InChI is InChI=1S/C15H12ClF3N2O/c1-9-5-6-11(16)8-13(9)21-14(22)20-12-4-2-3-10(7-12)15(17,18)19/h2-8H,1H3,(H2,20,21,22). The normalized spacial score (nSPS) is 11.1. The van der Waals surface area contributed by atoms with Gasteiger partial charge in [-0.25, -0.2) is 4.79 Å². The number of nitrogens with one attached hydrogen (secondary N) is 2. The second kappa shape index (κ2) is 6.27. The number of hydrogen-bond donors (Lipinski definition) is 2. The fraction of sp³-hybridized carbons (Fsp3) is 0.133. The van der Waals surface area contributed by atoms with Crippen molar-refractivity contribution in [1.82, 2.24) is 0 Å². The minimum Gasteiger partial charge on any atom is -0.308 e. The number of anilines is 2. The second-order valence-electron chi connectivity index (χ2n) is 4.62. The molecule has 2 rings (SSSR count). The summed E-state index contributed by atoms with van der Waals surface area (Å²) in [5.41, 5.74) is 0.483. The molecule has 7 heteroatoms. The number of amides is 2. The van der Waals surface area contributed by atoms with E-state index in [9.17, 15) is 18.0 Å². The molecule has 2 N–H and O–H groups in total. The summed E-state index contributed by atoms with van der Waals surface area (Å²) in [4.78, 5) is 11.9. The summed E-state index contributed by atoms with van der Waals surface area (Å²) in [7, 11) is 0. The fourth-order valence-electron chi connectivity index (χ4n) is 1.79. The Morgan fingerprint density at radius 2 is 1.82 bits per heavy atom. The molecule has 0 aromatic heterocycles. The molecule has 0 aliphatic carbocycles. The summed E-state index contributed by atoms with van der Waals surface area (Å²) in [5, 5.41) is 5.34. The minimum absolute atomic E-state index is 0.0482. The van der Waals surface area contributed by atoms with E-state index in [1.54, 1.807) is 25.1 Å². The number of alkyl halides is 3. The summed E-state index contributed by atoms with van der Waals surface area (Å²) >= 11 is 5.83. The molecule has 2 aromatic carbocycles. The van der Waals surface area contributed by atoms with Crippen LogP contribution in [0, 0.1) is 6.92 Å². The number of urea groups is 1. The molecule has 2 aromatic rings. The number of carbonyl (C=O) groups is 1. The lowest BCUT2D eigenvalue weighted by molar-refractivity contribution is -0.137. The van der Waals surface area contributed by atoms with Crippen LogP contribution in [0.25, 0.3) is 0 Å². The average molecular weight is 329 g/mol. The molecule has 0 unspecified atom stereocenters. The molecule has 0 aliphatic rings. The summed E-state index contributed by atoms with van der Waals surface area (Å²) in [6, 6.07) is 8.71. The molecule has 0 atom stereocenters. The van der Waals surface area contributed by atoms with E-state index in [1.807, 2.05) is 0 Å². The topological polar surface area (TPSA) is 41.1 Å². The molecule has 0 aliphatic heterocycles. The molecule has 22 heavy (non-hydrogen) atoms. The molecule has 0 saturated carbocycles. The van der Waals surface area contributed by atoms with Gasteiger partial charge in [0.25, 0.3) is 0 Å². The van der Waals surface area contributed by atoms with Crippen LogP contribution in [0.15, 0.2) is 42.5 Å². The highest BCUT2D eigenvalue weighted by Gasteiger charge is 2.30. The first kappa shape index (κ1) is 16.2. The summed E-state index contributed by atoms with van der Waals surface area (Å²) in [6.07, 6.45) is -4.46. The molecule has 0 fully saturated rings. The van der Waals surface area contributed by atoms with Crippen LogP contribution in [0.5, 0.6) is 0 Å². The number of halogens is 4. The van der Waals surface area contributed by atoms with Gasteiger partial charge in [-0.05, 0) is 42.8 Å². The monoisotopic (exact) mass is 328 g/mol. The van der Waals surface area contributed by atoms with Crippen molar-refractivity contribution in [2.75, 3.05) is 10.6 Å². The maximum Gasteiger partial charge on any atom is 0.416 e. The highest BCUT2D eigenvalue weighted by atomic mass is 35.5. The zero-order valence-corrected chi connectivity index (χ0v) is 12.2. The number of hydrogen-bond acceptors (Lipinski definition) is 1. The molecule has 0 heterocycles. The van der Waals surface area contributed by atoms with E-state index < -0.39 is 17.8 Å². The SMILES string of the molecule is Cc1ccc(Cl)cc1NC(=O)Nc1cccc(C(F)(F)F)c1. The molecule has 116 valence electrons. The maximum atomic E-state index is 12.6. The van der Waals surface area contributed by atoms with Crippen LogP contribution in [0.2, 0.25) is 5.02 Å². The van der Waals surface area contributed by atoms with Crippen molar-refractivity contribution in [3.05, 3.63) is 58.6 Å². The van der Waals surface area contributed by atoms with Gasteiger partial charge >= 0.3 is 12.2 Å². The van der Waals surface area contributed by atoms with Gasteiger partial charge in [0.05, 0.1) is 5.56 Å². The highest BCUT2D eigenvalue weighted by molar-refractivity contribution is 6.31. The Bertz CT molecular complexity index is 701. The van der Waals surface area contributed by atoms with Crippen LogP contribution in [0.1, 0.15) is 11.1 Å². The van der Waals surface area contributed by atoms with E-state index in [2.05, 4.69) is 10.6 Å². The highest BCUT2D eigenvalue weighted by Crippen LogP contribution is 2.30. The molecule has 2 amide bonds. The van der Waals surface area contributed by atoms with Gasteiger partial charge in [0, 0.05) is 16.4 Å². The van der Waals surface area contributed by atoms with Gasteiger partial charge in [-0.15, -0.1) is 0 Å². The fourth-order valence-corrected chi connectivity index (χ4v) is 1.96. The molecular weight excluding hydrogens is 317 g/mol. The smallest absolute Gasteiger partial charge is 0.308 e. The van der Waals surface area contributed by atoms with Gasteiger partial charge in [0.15, 0.2) is 0 Å². The number of aryl methyl sites for hydroxylation is 1. The van der Waals surface area contributed by atoms with Crippen LogP contribution in [0.4, 0.5) is 29.3 Å². The third kappa shape index (κ3) is 4.14. The Hall–Kier alpha value is -2.21. The Balaban J connectivity index is 2.11. The van der Waals surface area contributed by atoms with Crippen LogP contribution in [0.3, 0.4) is 0 Å². The van der Waals surface area contributed by atoms with E-state index in [4.69, 9.17) is 11.6 Å². The van der Waals surface area contributed by atoms with Crippen LogP contribution in [-0.2, 0) is 6.18 Å². The van der Waals surface area contributed by atoms with Crippen LogP contribution >= 0.6 is 11.6 Å². The van der Waals surface area contributed by atoms with Crippen LogP contribution < -0.4 is 10.6 Å². The van der Waals surface area contributed by atoms with Gasteiger partial charge in [-0.1, -0.05) is 23.7 Å². The Kier molecular flexibility index (Phi) is 4.61. The number of benzene rings is 2. The number of rotatable bonds is 2. The number of carbonyl (C=O) groups excluding carboxylic acids is 1. The van der Waals surface area contributed by atoms with Gasteiger partial charge in [0.1, 0.15) is 0 Å². The van der Waals surface area contributed by atoms with Crippen LogP contribution in [-0.4, -0.2) is 6.03 Å². The van der Waals surface area contributed by atoms with Crippen molar-refractivity contribution in [2.45, 2.75) is 13.1 Å². The Morgan fingerprint density at radius 3 is 2.50 bits per heavy atom. The second-order valence-corrected chi connectivity index (χ2v) is 5.05. The van der Waals surface area contributed by atoms with Crippen molar-refractivity contribution in [3.63, 3.8) is 0 Å². The summed E-state index contributed by atoms with van der Waals surface area (Å²) < 4.78 is 37.8. The third-order valence-electron chi connectivity index (χ3n) is 2.90. The first-order valence-corrected chi connectivity index (χ1v) is 6.65. The summed E-state index contributed by atoms with van der Waals surface area (Å²) in [5.74, 6) is 0. The molecule has 0 radical (unpaired) electrons. The largest absolute Gasteiger partial charge is 0.416 e. The molecule has 0 spiro atoms. The lowest BCUT2D eigenvalue weighted by Crippen LogP contribution is -2.20. The Morgan fingerprint density at radius 1 is 1.09 bits per heavy atom. The molecule has 0 saturated heterocycles. The third-order valence-corrected chi connectivity index (χ3v) is 3.13. The van der Waals surface area contributed by atoms with Crippen molar-refractivity contribution < 1.29 is 18.0 Å². The zero-order valence-electron chi connectivity index (χ0n) is 11.5. The molecule has 0 bridgehead atoms. The average Bonchev–Trinajstić information content (AvgIpc) is 2.42. The van der Waals surface area contributed by atoms with Crippen molar-refractivity contribution in [1.29, 1.82) is 0 Å². The molecular formula is C15H12ClF3N2O. The van der Waals surface area contributed by atoms with Crippen molar-refractivity contribution >= 4 is 29.0 Å². The van der Waals surface area contributed by atoms with E-state index >= 15 is 0 Å². The quantitative estimate of drug-likeness (QED) is 0.770. The minimum atomic E-state index is -4.46. The van der Waals surface area contributed by atoms with E-state index in [0.717, 1.165) is 17.7 Å². The zero-order chi connectivity index (χ0) is 16.3. The van der Waals surface area contributed by atoms with Gasteiger partial charge in [-0.2, -0.15) is 13.2 Å². The maximum absolute atomic E-state index is 12.6.